The summed E-state index contributed by atoms with van der Waals surface area (Å²) in [7, 11) is 1.65. The van der Waals surface area contributed by atoms with Crippen LogP contribution in [-0.2, 0) is 11.3 Å². The Balaban J connectivity index is 2.35. The highest BCUT2D eigenvalue weighted by molar-refractivity contribution is 7.99. The minimum atomic E-state index is 0.483. The van der Waals surface area contributed by atoms with Gasteiger partial charge in [0.15, 0.2) is 0 Å². The minimum absolute atomic E-state index is 0.483. The molecule has 0 radical (unpaired) electrons. The second kappa shape index (κ2) is 6.76. The lowest BCUT2D eigenvalue weighted by Crippen LogP contribution is -2.27. The summed E-state index contributed by atoms with van der Waals surface area (Å²) in [5.74, 6) is 0.567. The van der Waals surface area contributed by atoms with Crippen LogP contribution in [0.5, 0.6) is 0 Å². The number of methoxy groups -OCH3 is 1. The third kappa shape index (κ3) is 4.59. The Bertz CT molecular complexity index is 278. The Hall–Kier alpha value is -0.660. The van der Waals surface area contributed by atoms with Crippen LogP contribution in [0.15, 0.2) is 5.16 Å². The van der Waals surface area contributed by atoms with Gasteiger partial charge in [-0.25, -0.2) is 4.68 Å². The fourth-order valence-corrected chi connectivity index (χ4v) is 1.61. The molecular weight excluding hydrogens is 214 g/mol. The van der Waals surface area contributed by atoms with Crippen molar-refractivity contribution in [3.63, 3.8) is 0 Å². The summed E-state index contributed by atoms with van der Waals surface area (Å²) in [6, 6.07) is 0.483. The number of ether oxygens (including phenoxy) is 1. The molecule has 0 aliphatic heterocycles. The number of rotatable bonds is 7. The van der Waals surface area contributed by atoms with E-state index in [1.807, 2.05) is 0 Å². The van der Waals surface area contributed by atoms with E-state index in [4.69, 9.17) is 4.74 Å². The summed E-state index contributed by atoms with van der Waals surface area (Å²) in [5.41, 5.74) is 0. The Morgan fingerprint density at radius 1 is 1.53 bits per heavy atom. The molecule has 1 N–H and O–H groups in total. The predicted molar refractivity (Wildman–Crippen MR) is 58.7 cm³/mol. The molecule has 0 aliphatic carbocycles. The van der Waals surface area contributed by atoms with Crippen LogP contribution >= 0.6 is 11.8 Å². The first-order valence-corrected chi connectivity index (χ1v) is 5.84. The van der Waals surface area contributed by atoms with E-state index >= 15 is 0 Å². The highest BCUT2D eigenvalue weighted by Crippen LogP contribution is 2.12. The molecule has 0 spiro atoms. The smallest absolute Gasteiger partial charge is 0.211 e. The van der Waals surface area contributed by atoms with Crippen molar-refractivity contribution in [2.75, 3.05) is 19.6 Å². The Morgan fingerprint density at radius 2 is 2.33 bits per heavy atom. The zero-order valence-electron chi connectivity index (χ0n) is 9.30. The number of nitrogens with zero attached hydrogens (tertiary/aromatic N) is 4. The van der Waals surface area contributed by atoms with E-state index in [-0.39, 0.29) is 0 Å². The summed E-state index contributed by atoms with van der Waals surface area (Å²) in [6.07, 6.45) is 0. The molecule has 0 atom stereocenters. The molecular formula is C8H17N5OS. The standard InChI is InChI=1S/C8H17N5OS/c1-7(2)9-4-5-13-8(10-11-12-13)15-6-14-3/h7,9H,4-6H2,1-3H3. The van der Waals surface area contributed by atoms with Gasteiger partial charge in [0, 0.05) is 19.7 Å². The average Bonchev–Trinajstić information content (AvgIpc) is 2.62. The third-order valence-corrected chi connectivity index (χ3v) is 2.59. The Morgan fingerprint density at radius 3 is 3.00 bits per heavy atom. The highest BCUT2D eigenvalue weighted by atomic mass is 32.2. The van der Waals surface area contributed by atoms with E-state index in [1.54, 1.807) is 11.8 Å². The van der Waals surface area contributed by atoms with E-state index in [0.29, 0.717) is 12.0 Å². The van der Waals surface area contributed by atoms with Crippen molar-refractivity contribution in [3.8, 4) is 0 Å². The third-order valence-electron chi connectivity index (χ3n) is 1.68. The van der Waals surface area contributed by atoms with Gasteiger partial charge < -0.3 is 10.1 Å². The number of nitrogens with one attached hydrogen (secondary N) is 1. The van der Waals surface area contributed by atoms with Gasteiger partial charge >= 0.3 is 0 Å². The maximum atomic E-state index is 4.95. The summed E-state index contributed by atoms with van der Waals surface area (Å²) in [6.45, 7) is 5.86. The number of hydrogen-bond acceptors (Lipinski definition) is 6. The summed E-state index contributed by atoms with van der Waals surface area (Å²) < 4.78 is 6.73. The molecule has 1 heterocycles. The van der Waals surface area contributed by atoms with Crippen LogP contribution in [0.4, 0.5) is 0 Å². The average molecular weight is 231 g/mol. The zero-order valence-corrected chi connectivity index (χ0v) is 10.1. The highest BCUT2D eigenvalue weighted by Gasteiger charge is 2.05. The summed E-state index contributed by atoms with van der Waals surface area (Å²) >= 11 is 1.49. The molecule has 0 aliphatic rings. The lowest BCUT2D eigenvalue weighted by atomic mass is 10.4. The Kier molecular flexibility index (Phi) is 5.59. The summed E-state index contributed by atoms with van der Waals surface area (Å²) in [5, 5.41) is 15.5. The molecule has 0 amide bonds. The van der Waals surface area contributed by atoms with Crippen LogP contribution in [-0.4, -0.2) is 45.8 Å². The molecule has 0 bridgehead atoms. The largest absolute Gasteiger partial charge is 0.374 e. The van der Waals surface area contributed by atoms with Crippen LogP contribution in [0, 0.1) is 0 Å². The van der Waals surface area contributed by atoms with Gasteiger partial charge in [0.2, 0.25) is 5.16 Å². The second-order valence-electron chi connectivity index (χ2n) is 3.34. The van der Waals surface area contributed by atoms with Gasteiger partial charge in [-0.3, -0.25) is 0 Å². The van der Waals surface area contributed by atoms with E-state index in [0.717, 1.165) is 18.2 Å². The van der Waals surface area contributed by atoms with Crippen LogP contribution < -0.4 is 5.32 Å². The maximum absolute atomic E-state index is 4.95. The fraction of sp³-hybridized carbons (Fsp3) is 0.875. The quantitative estimate of drug-likeness (QED) is 0.540. The second-order valence-corrected chi connectivity index (χ2v) is 4.23. The first-order chi connectivity index (χ1) is 7.24. The topological polar surface area (TPSA) is 64.9 Å². The van der Waals surface area contributed by atoms with E-state index in [2.05, 4.69) is 34.7 Å². The van der Waals surface area contributed by atoms with Gasteiger partial charge in [-0.05, 0) is 10.4 Å². The van der Waals surface area contributed by atoms with Gasteiger partial charge in [-0.1, -0.05) is 25.6 Å². The molecule has 0 saturated carbocycles. The normalized spacial score (nSPS) is 11.2. The van der Waals surface area contributed by atoms with Crippen molar-refractivity contribution < 1.29 is 4.74 Å². The van der Waals surface area contributed by atoms with Crippen LogP contribution in [0.25, 0.3) is 0 Å². The van der Waals surface area contributed by atoms with Crippen LogP contribution in [0.3, 0.4) is 0 Å². The molecule has 0 unspecified atom stereocenters. The SMILES string of the molecule is COCSc1nnnn1CCNC(C)C. The Labute approximate surface area is 93.8 Å². The lowest BCUT2D eigenvalue weighted by Gasteiger charge is -2.08. The van der Waals surface area contributed by atoms with E-state index in [9.17, 15) is 0 Å². The first kappa shape index (κ1) is 12.4. The molecule has 1 rings (SSSR count). The van der Waals surface area contributed by atoms with Gasteiger partial charge in [-0.2, -0.15) is 0 Å². The summed E-state index contributed by atoms with van der Waals surface area (Å²) in [4.78, 5) is 0. The molecule has 86 valence electrons. The van der Waals surface area contributed by atoms with Crippen molar-refractivity contribution in [3.05, 3.63) is 0 Å². The molecule has 15 heavy (non-hydrogen) atoms. The lowest BCUT2D eigenvalue weighted by molar-refractivity contribution is 0.258. The minimum Gasteiger partial charge on any atom is -0.374 e. The number of tetrazole rings is 1. The monoisotopic (exact) mass is 231 g/mol. The van der Waals surface area contributed by atoms with Crippen LogP contribution in [0.2, 0.25) is 0 Å². The first-order valence-electron chi connectivity index (χ1n) is 4.85. The van der Waals surface area contributed by atoms with Gasteiger partial charge in [0.05, 0.1) is 12.5 Å². The van der Waals surface area contributed by atoms with Crippen molar-refractivity contribution >= 4 is 11.8 Å². The number of aromatic nitrogens is 4. The molecule has 1 aromatic rings. The van der Waals surface area contributed by atoms with Crippen molar-refractivity contribution in [2.45, 2.75) is 31.6 Å². The van der Waals surface area contributed by atoms with E-state index in [1.165, 1.54) is 11.8 Å². The van der Waals surface area contributed by atoms with Crippen LogP contribution in [0.1, 0.15) is 13.8 Å². The molecule has 7 heteroatoms. The number of thioether (sulfide) groups is 1. The maximum Gasteiger partial charge on any atom is 0.211 e. The molecule has 1 aromatic heterocycles. The number of hydrogen-bond donors (Lipinski definition) is 1. The molecule has 0 fully saturated rings. The van der Waals surface area contributed by atoms with Crippen molar-refractivity contribution in [2.24, 2.45) is 0 Å². The predicted octanol–water partition coefficient (Wildman–Crippen LogP) is 0.367. The molecule has 0 saturated heterocycles. The molecule has 6 nitrogen and oxygen atoms in total. The van der Waals surface area contributed by atoms with Gasteiger partial charge in [-0.15, -0.1) is 5.10 Å². The van der Waals surface area contributed by atoms with Crippen molar-refractivity contribution in [1.82, 2.24) is 25.5 Å². The fourth-order valence-electron chi connectivity index (χ4n) is 1.01. The van der Waals surface area contributed by atoms with Gasteiger partial charge in [0.1, 0.15) is 0 Å². The van der Waals surface area contributed by atoms with Crippen molar-refractivity contribution in [1.29, 1.82) is 0 Å². The molecule has 0 aromatic carbocycles. The zero-order chi connectivity index (χ0) is 11.1. The van der Waals surface area contributed by atoms with E-state index < -0.39 is 0 Å². The van der Waals surface area contributed by atoms with Gasteiger partial charge in [0.25, 0.3) is 0 Å².